The smallest absolute Gasteiger partial charge is 0.124 e. The summed E-state index contributed by atoms with van der Waals surface area (Å²) >= 11 is 0. The number of hydrogen-bond donors (Lipinski definition) is 1. The molecule has 4 aromatic rings. The molecule has 100 valence electrons. The molecule has 0 fully saturated rings. The minimum absolute atomic E-state index is 0.516. The van der Waals surface area contributed by atoms with Gasteiger partial charge in [0.25, 0.3) is 0 Å². The van der Waals surface area contributed by atoms with Crippen LogP contribution in [0.4, 0.5) is 5.82 Å². The van der Waals surface area contributed by atoms with Crippen molar-refractivity contribution < 1.29 is 0 Å². The monoisotopic (exact) mass is 271 g/mol. The van der Waals surface area contributed by atoms with Gasteiger partial charge in [0.15, 0.2) is 0 Å². The molecule has 0 atom stereocenters. The summed E-state index contributed by atoms with van der Waals surface area (Å²) in [6, 6.07) is 22.2. The van der Waals surface area contributed by atoms with Gasteiger partial charge in [0.05, 0.1) is 16.7 Å². The lowest BCUT2D eigenvalue weighted by atomic mass is 10.1. The maximum atomic E-state index is 5.83. The zero-order chi connectivity index (χ0) is 14.2. The van der Waals surface area contributed by atoms with Gasteiger partial charge in [-0.3, -0.25) is 0 Å². The van der Waals surface area contributed by atoms with Crippen LogP contribution in [0.25, 0.3) is 33.1 Å². The van der Waals surface area contributed by atoms with Gasteiger partial charge in [-0.15, -0.1) is 0 Å². The van der Waals surface area contributed by atoms with Crippen molar-refractivity contribution >= 4 is 27.6 Å². The summed E-state index contributed by atoms with van der Waals surface area (Å²) in [6.07, 6.45) is 0. The lowest BCUT2D eigenvalue weighted by Gasteiger charge is -2.06. The summed E-state index contributed by atoms with van der Waals surface area (Å²) < 4.78 is 0. The highest BCUT2D eigenvalue weighted by Crippen LogP contribution is 2.26. The Labute approximate surface area is 122 Å². The number of rotatable bonds is 1. The van der Waals surface area contributed by atoms with Crippen molar-refractivity contribution in [1.29, 1.82) is 0 Å². The zero-order valence-corrected chi connectivity index (χ0v) is 11.3. The van der Waals surface area contributed by atoms with Crippen molar-refractivity contribution in [3.8, 4) is 11.3 Å². The van der Waals surface area contributed by atoms with Crippen LogP contribution >= 0.6 is 0 Å². The van der Waals surface area contributed by atoms with E-state index in [-0.39, 0.29) is 0 Å². The number of hydrogen-bond acceptors (Lipinski definition) is 3. The second-order valence-electron chi connectivity index (χ2n) is 5.01. The third kappa shape index (κ3) is 1.99. The van der Waals surface area contributed by atoms with Crippen LogP contribution in [0.1, 0.15) is 0 Å². The van der Waals surface area contributed by atoms with E-state index in [2.05, 4.69) is 29.2 Å². The zero-order valence-electron chi connectivity index (χ0n) is 11.3. The molecule has 0 radical (unpaired) electrons. The number of benzene rings is 2. The topological polar surface area (TPSA) is 51.8 Å². The fraction of sp³-hybridized carbons (Fsp3) is 0. The molecule has 3 heteroatoms. The van der Waals surface area contributed by atoms with Gasteiger partial charge >= 0.3 is 0 Å². The van der Waals surface area contributed by atoms with Crippen LogP contribution < -0.4 is 5.73 Å². The molecule has 2 N–H and O–H groups in total. The minimum atomic E-state index is 0.516. The molecule has 0 bridgehead atoms. The molecule has 0 saturated carbocycles. The third-order valence-electron chi connectivity index (χ3n) is 3.61. The molecule has 0 spiro atoms. The number of anilines is 1. The summed E-state index contributed by atoms with van der Waals surface area (Å²) in [7, 11) is 0. The first kappa shape index (κ1) is 11.9. The molecule has 3 nitrogen and oxygen atoms in total. The van der Waals surface area contributed by atoms with Gasteiger partial charge < -0.3 is 5.73 Å². The number of aromatic nitrogens is 2. The van der Waals surface area contributed by atoms with Crippen LogP contribution in [0.3, 0.4) is 0 Å². The van der Waals surface area contributed by atoms with Gasteiger partial charge in [0.1, 0.15) is 5.82 Å². The average Bonchev–Trinajstić information content (AvgIpc) is 2.55. The maximum Gasteiger partial charge on any atom is 0.124 e. The normalized spacial score (nSPS) is 11.0. The van der Waals surface area contributed by atoms with Crippen LogP contribution in [0.2, 0.25) is 0 Å². The van der Waals surface area contributed by atoms with E-state index in [0.29, 0.717) is 5.82 Å². The molecule has 2 aromatic carbocycles. The predicted octanol–water partition coefficient (Wildman–Crippen LogP) is 4.03. The number of nitrogens with two attached hydrogens (primary N) is 1. The van der Waals surface area contributed by atoms with E-state index in [0.717, 1.165) is 33.1 Å². The third-order valence-corrected chi connectivity index (χ3v) is 3.61. The van der Waals surface area contributed by atoms with Gasteiger partial charge in [0.2, 0.25) is 0 Å². The van der Waals surface area contributed by atoms with E-state index in [1.54, 1.807) is 0 Å². The highest BCUT2D eigenvalue weighted by atomic mass is 14.8. The summed E-state index contributed by atoms with van der Waals surface area (Å²) in [5.74, 6) is 0.516. The standard InChI is InChI=1S/C18H13N3/c19-16-11-9-14-7-6-13-8-10-15(12-4-2-1-3-5-12)20-17(13)18(14)21-16/h1-11H,(H2,19,21). The van der Waals surface area contributed by atoms with Crippen LogP contribution in [0.5, 0.6) is 0 Å². The van der Waals surface area contributed by atoms with Crippen molar-refractivity contribution in [3.63, 3.8) is 0 Å². The van der Waals surface area contributed by atoms with Gasteiger partial charge in [-0.25, -0.2) is 9.97 Å². The molecule has 4 rings (SSSR count). The van der Waals surface area contributed by atoms with Crippen LogP contribution in [0, 0.1) is 0 Å². The second kappa shape index (κ2) is 4.56. The van der Waals surface area contributed by atoms with E-state index in [1.165, 1.54) is 0 Å². The number of fused-ring (bicyclic) bond motifs is 3. The average molecular weight is 271 g/mol. The molecule has 21 heavy (non-hydrogen) atoms. The van der Waals surface area contributed by atoms with Crippen molar-refractivity contribution in [2.75, 3.05) is 5.73 Å². The first-order valence-corrected chi connectivity index (χ1v) is 6.83. The molecule has 0 saturated heterocycles. The Balaban J connectivity index is 2.05. The Hall–Kier alpha value is -2.94. The Morgan fingerprint density at radius 1 is 0.619 bits per heavy atom. The van der Waals surface area contributed by atoms with E-state index < -0.39 is 0 Å². The van der Waals surface area contributed by atoms with Crippen molar-refractivity contribution in [2.24, 2.45) is 0 Å². The van der Waals surface area contributed by atoms with Crippen LogP contribution in [-0.4, -0.2) is 9.97 Å². The molecule has 2 heterocycles. The molecular weight excluding hydrogens is 258 g/mol. The Kier molecular flexibility index (Phi) is 2.57. The molecule has 0 aliphatic rings. The van der Waals surface area contributed by atoms with E-state index >= 15 is 0 Å². The highest BCUT2D eigenvalue weighted by Gasteiger charge is 2.06. The van der Waals surface area contributed by atoms with E-state index in [9.17, 15) is 0 Å². The number of pyridine rings is 2. The molecule has 0 unspecified atom stereocenters. The van der Waals surface area contributed by atoms with Gasteiger partial charge in [0, 0.05) is 16.3 Å². The molecule has 2 aromatic heterocycles. The lowest BCUT2D eigenvalue weighted by molar-refractivity contribution is 1.37. The predicted molar refractivity (Wildman–Crippen MR) is 86.9 cm³/mol. The summed E-state index contributed by atoms with van der Waals surface area (Å²) in [6.45, 7) is 0. The first-order chi connectivity index (χ1) is 10.3. The van der Waals surface area contributed by atoms with Gasteiger partial charge in [-0.05, 0) is 18.2 Å². The molecule has 0 amide bonds. The largest absolute Gasteiger partial charge is 0.384 e. The van der Waals surface area contributed by atoms with Crippen molar-refractivity contribution in [1.82, 2.24) is 9.97 Å². The van der Waals surface area contributed by atoms with E-state index in [1.807, 2.05) is 42.5 Å². The fourth-order valence-electron chi connectivity index (χ4n) is 2.55. The van der Waals surface area contributed by atoms with Gasteiger partial charge in [-0.2, -0.15) is 0 Å². The van der Waals surface area contributed by atoms with Crippen molar-refractivity contribution in [2.45, 2.75) is 0 Å². The quantitative estimate of drug-likeness (QED) is 0.532. The first-order valence-electron chi connectivity index (χ1n) is 6.83. The highest BCUT2D eigenvalue weighted by molar-refractivity contribution is 6.03. The Morgan fingerprint density at radius 3 is 2.00 bits per heavy atom. The Bertz CT molecular complexity index is 946. The lowest BCUT2D eigenvalue weighted by Crippen LogP contribution is -1.92. The fourth-order valence-corrected chi connectivity index (χ4v) is 2.55. The number of nitrogen functional groups attached to an aromatic ring is 1. The van der Waals surface area contributed by atoms with Crippen LogP contribution in [-0.2, 0) is 0 Å². The van der Waals surface area contributed by atoms with Crippen molar-refractivity contribution in [3.05, 3.63) is 66.7 Å². The molecular formula is C18H13N3. The summed E-state index contributed by atoms with van der Waals surface area (Å²) in [5, 5.41) is 2.12. The molecule has 0 aliphatic heterocycles. The maximum absolute atomic E-state index is 5.83. The SMILES string of the molecule is Nc1ccc2ccc3ccc(-c4ccccc4)nc3c2n1. The van der Waals surface area contributed by atoms with Crippen LogP contribution in [0.15, 0.2) is 66.7 Å². The van der Waals surface area contributed by atoms with Gasteiger partial charge in [-0.1, -0.05) is 48.5 Å². The summed E-state index contributed by atoms with van der Waals surface area (Å²) in [5.41, 5.74) is 9.61. The molecule has 0 aliphatic carbocycles. The van der Waals surface area contributed by atoms with E-state index in [4.69, 9.17) is 10.7 Å². The second-order valence-corrected chi connectivity index (χ2v) is 5.01. The minimum Gasteiger partial charge on any atom is -0.384 e. The number of nitrogens with zero attached hydrogens (tertiary/aromatic N) is 2. The summed E-state index contributed by atoms with van der Waals surface area (Å²) in [4.78, 5) is 9.25. The Morgan fingerprint density at radius 2 is 1.24 bits per heavy atom.